The molecule has 6 heteroatoms. The second-order valence-corrected chi connectivity index (χ2v) is 5.79. The minimum absolute atomic E-state index is 0.156. The van der Waals surface area contributed by atoms with Gasteiger partial charge in [0.1, 0.15) is 0 Å². The molecule has 0 spiro atoms. The van der Waals surface area contributed by atoms with E-state index in [1.54, 1.807) is 0 Å². The lowest BCUT2D eigenvalue weighted by Gasteiger charge is -2.07. The molecule has 1 atom stereocenters. The number of hydrogen-bond acceptors (Lipinski definition) is 4. The van der Waals surface area contributed by atoms with Crippen molar-refractivity contribution < 1.29 is 13.0 Å². The highest BCUT2D eigenvalue weighted by Gasteiger charge is 2.08. The van der Waals surface area contributed by atoms with Crippen molar-refractivity contribution in [2.24, 2.45) is 16.1 Å². The van der Waals surface area contributed by atoms with Crippen LogP contribution in [0.4, 0.5) is 5.69 Å². The number of azo groups is 1. The monoisotopic (exact) mass is 278 g/mol. The highest BCUT2D eigenvalue weighted by Crippen LogP contribution is 2.20. The van der Waals surface area contributed by atoms with Crippen LogP contribution >= 0.6 is 0 Å². The molecule has 0 aliphatic heterocycles. The number of benzene rings is 1. The Kier molecular flexibility index (Phi) is 3.92. The van der Waals surface area contributed by atoms with Gasteiger partial charge in [-0.3, -0.25) is 4.55 Å². The summed E-state index contributed by atoms with van der Waals surface area (Å²) < 4.78 is 30.6. The van der Waals surface area contributed by atoms with Crippen molar-refractivity contribution >= 4 is 15.8 Å². The third-order valence-electron chi connectivity index (χ3n) is 2.71. The zero-order valence-electron chi connectivity index (χ0n) is 10.4. The molecule has 0 saturated heterocycles. The molecule has 0 heterocycles. The maximum absolute atomic E-state index is 10.9. The molecule has 0 saturated carbocycles. The summed E-state index contributed by atoms with van der Waals surface area (Å²) in [5.74, 6) is 0.521. The van der Waals surface area contributed by atoms with Crippen LogP contribution < -0.4 is 0 Å². The molecule has 1 N–H and O–H groups in total. The van der Waals surface area contributed by atoms with Gasteiger partial charge in [0.2, 0.25) is 0 Å². The van der Waals surface area contributed by atoms with Crippen molar-refractivity contribution in [1.82, 2.24) is 0 Å². The van der Waals surface area contributed by atoms with Crippen molar-refractivity contribution in [3.05, 3.63) is 48.2 Å². The van der Waals surface area contributed by atoms with E-state index in [1.165, 1.54) is 24.3 Å². The molecule has 1 aromatic rings. The fourth-order valence-electron chi connectivity index (χ4n) is 1.59. The SMILES string of the molecule is CC1C=CC(N=Nc2ccc(S(=O)(=O)O)cc2)=CC1. The maximum Gasteiger partial charge on any atom is 0.294 e. The summed E-state index contributed by atoms with van der Waals surface area (Å²) >= 11 is 0. The van der Waals surface area contributed by atoms with Crippen molar-refractivity contribution in [2.45, 2.75) is 18.2 Å². The molecule has 1 unspecified atom stereocenters. The summed E-state index contributed by atoms with van der Waals surface area (Å²) in [6, 6.07) is 5.55. The van der Waals surface area contributed by atoms with Gasteiger partial charge in [-0.2, -0.15) is 18.6 Å². The van der Waals surface area contributed by atoms with E-state index in [-0.39, 0.29) is 4.90 Å². The summed E-state index contributed by atoms with van der Waals surface area (Å²) in [7, 11) is -4.16. The first-order valence-electron chi connectivity index (χ1n) is 5.83. The van der Waals surface area contributed by atoms with E-state index in [0.29, 0.717) is 11.6 Å². The standard InChI is InChI=1S/C13H14N2O3S/c1-10-2-4-11(5-3-10)14-15-12-6-8-13(9-7-12)19(16,17)18/h2,4-10H,3H2,1H3,(H,16,17,18). The van der Waals surface area contributed by atoms with E-state index >= 15 is 0 Å². The molecule has 0 fully saturated rings. The average molecular weight is 278 g/mol. The van der Waals surface area contributed by atoms with Crippen LogP contribution in [0.25, 0.3) is 0 Å². The molecule has 1 aromatic carbocycles. The lowest BCUT2D eigenvalue weighted by atomic mass is 10.0. The molecule has 0 radical (unpaired) electrons. The van der Waals surface area contributed by atoms with Gasteiger partial charge in [0, 0.05) is 0 Å². The first-order valence-corrected chi connectivity index (χ1v) is 7.27. The number of hydrogen-bond donors (Lipinski definition) is 1. The predicted molar refractivity (Wildman–Crippen MR) is 71.8 cm³/mol. The third-order valence-corrected chi connectivity index (χ3v) is 3.58. The molecule has 100 valence electrons. The molecule has 1 aliphatic rings. The summed E-state index contributed by atoms with van der Waals surface area (Å²) in [5.41, 5.74) is 1.32. The van der Waals surface area contributed by atoms with Crippen molar-refractivity contribution in [1.29, 1.82) is 0 Å². The molecule has 0 aromatic heterocycles. The second-order valence-electron chi connectivity index (χ2n) is 4.37. The Morgan fingerprint density at radius 1 is 1.21 bits per heavy atom. The highest BCUT2D eigenvalue weighted by atomic mass is 32.2. The van der Waals surface area contributed by atoms with Gasteiger partial charge in [-0.25, -0.2) is 0 Å². The Hall–Kier alpha value is -1.79. The Bertz CT molecular complexity index is 643. The van der Waals surface area contributed by atoms with Crippen LogP contribution in [-0.4, -0.2) is 13.0 Å². The molecule has 5 nitrogen and oxygen atoms in total. The van der Waals surface area contributed by atoms with Crippen molar-refractivity contribution in [3.63, 3.8) is 0 Å². The van der Waals surface area contributed by atoms with Crippen molar-refractivity contribution in [2.75, 3.05) is 0 Å². The number of nitrogens with zero attached hydrogens (tertiary/aromatic N) is 2. The lowest BCUT2D eigenvalue weighted by Crippen LogP contribution is -1.96. The first-order chi connectivity index (χ1) is 8.95. The van der Waals surface area contributed by atoms with Crippen LogP contribution in [-0.2, 0) is 10.1 Å². The Balaban J connectivity index is 2.10. The molecule has 1 aliphatic carbocycles. The normalized spacial score (nSPS) is 19.7. The molecular weight excluding hydrogens is 264 g/mol. The van der Waals surface area contributed by atoms with E-state index in [4.69, 9.17) is 4.55 Å². The van der Waals surface area contributed by atoms with E-state index in [2.05, 4.69) is 23.2 Å². The van der Waals surface area contributed by atoms with Gasteiger partial charge in [0.15, 0.2) is 0 Å². The Labute approximate surface area is 112 Å². The predicted octanol–water partition coefficient (Wildman–Crippen LogP) is 3.50. The number of allylic oxidation sites excluding steroid dienone is 3. The summed E-state index contributed by atoms with van der Waals surface area (Å²) in [6.45, 7) is 2.12. The largest absolute Gasteiger partial charge is 0.294 e. The molecule has 19 heavy (non-hydrogen) atoms. The van der Waals surface area contributed by atoms with Gasteiger partial charge < -0.3 is 0 Å². The number of rotatable bonds is 3. The fraction of sp³-hybridized carbons (Fsp3) is 0.231. The van der Waals surface area contributed by atoms with E-state index in [0.717, 1.165) is 12.1 Å². The minimum atomic E-state index is -4.16. The quantitative estimate of drug-likeness (QED) is 0.678. The first kappa shape index (κ1) is 13.6. The maximum atomic E-state index is 10.9. The van der Waals surface area contributed by atoms with Crippen LogP contribution in [0, 0.1) is 5.92 Å². The van der Waals surface area contributed by atoms with Crippen LogP contribution in [0.1, 0.15) is 13.3 Å². The van der Waals surface area contributed by atoms with Gasteiger partial charge >= 0.3 is 0 Å². The van der Waals surface area contributed by atoms with Crippen molar-refractivity contribution in [3.8, 4) is 0 Å². The fourth-order valence-corrected chi connectivity index (χ4v) is 2.07. The highest BCUT2D eigenvalue weighted by molar-refractivity contribution is 7.85. The molecular formula is C13H14N2O3S. The van der Waals surface area contributed by atoms with E-state index in [9.17, 15) is 8.42 Å². The zero-order valence-corrected chi connectivity index (χ0v) is 11.2. The Morgan fingerprint density at radius 2 is 1.89 bits per heavy atom. The van der Waals surface area contributed by atoms with Crippen LogP contribution in [0.3, 0.4) is 0 Å². The zero-order chi connectivity index (χ0) is 13.9. The van der Waals surface area contributed by atoms with Crippen LogP contribution in [0.2, 0.25) is 0 Å². The topological polar surface area (TPSA) is 79.1 Å². The molecule has 0 bridgehead atoms. The van der Waals surface area contributed by atoms with Gasteiger partial charge in [0.05, 0.1) is 16.3 Å². The Morgan fingerprint density at radius 3 is 2.42 bits per heavy atom. The van der Waals surface area contributed by atoms with Gasteiger partial charge in [-0.15, -0.1) is 0 Å². The van der Waals surface area contributed by atoms with Crippen LogP contribution in [0.5, 0.6) is 0 Å². The summed E-state index contributed by atoms with van der Waals surface area (Å²) in [5, 5.41) is 8.07. The smallest absolute Gasteiger partial charge is 0.282 e. The van der Waals surface area contributed by atoms with Gasteiger partial charge in [0.25, 0.3) is 10.1 Å². The molecule has 0 amide bonds. The second kappa shape index (κ2) is 5.46. The van der Waals surface area contributed by atoms with E-state index in [1.807, 2.05) is 12.2 Å². The average Bonchev–Trinajstić information content (AvgIpc) is 2.37. The van der Waals surface area contributed by atoms with Gasteiger partial charge in [-0.1, -0.05) is 19.1 Å². The van der Waals surface area contributed by atoms with Crippen LogP contribution in [0.15, 0.2) is 63.3 Å². The summed E-state index contributed by atoms with van der Waals surface area (Å²) in [6.07, 6.45) is 6.91. The van der Waals surface area contributed by atoms with Gasteiger partial charge in [-0.05, 0) is 42.7 Å². The minimum Gasteiger partial charge on any atom is -0.282 e. The molecule has 2 rings (SSSR count). The van der Waals surface area contributed by atoms with E-state index < -0.39 is 10.1 Å². The lowest BCUT2D eigenvalue weighted by molar-refractivity contribution is 0.483. The third kappa shape index (κ3) is 3.84. The summed E-state index contributed by atoms with van der Waals surface area (Å²) in [4.78, 5) is -0.156.